The molecule has 0 amide bonds. The molecule has 0 bridgehead atoms. The van der Waals surface area contributed by atoms with E-state index < -0.39 is 0 Å². The average molecular weight is 268 g/mol. The maximum atomic E-state index is 9.68. The lowest BCUT2D eigenvalue weighted by atomic mass is 10.00. The van der Waals surface area contributed by atoms with Crippen molar-refractivity contribution in [2.75, 3.05) is 6.54 Å². The van der Waals surface area contributed by atoms with Crippen molar-refractivity contribution in [1.29, 1.82) is 0 Å². The van der Waals surface area contributed by atoms with E-state index in [0.29, 0.717) is 5.75 Å². The SMILES string of the molecule is NC1CCN(Cc2ccccc2)C1c1cccc(O)c1. The Hall–Kier alpha value is -1.84. The molecule has 0 saturated carbocycles. The molecule has 2 unspecified atom stereocenters. The van der Waals surface area contributed by atoms with Crippen LogP contribution >= 0.6 is 0 Å². The van der Waals surface area contributed by atoms with E-state index in [2.05, 4.69) is 29.2 Å². The zero-order chi connectivity index (χ0) is 13.9. The second-order valence-corrected chi connectivity index (χ2v) is 5.45. The van der Waals surface area contributed by atoms with Crippen LogP contribution in [-0.4, -0.2) is 22.6 Å². The molecule has 3 nitrogen and oxygen atoms in total. The zero-order valence-electron chi connectivity index (χ0n) is 11.4. The monoisotopic (exact) mass is 268 g/mol. The Balaban J connectivity index is 1.83. The smallest absolute Gasteiger partial charge is 0.115 e. The summed E-state index contributed by atoms with van der Waals surface area (Å²) in [6.07, 6.45) is 0.993. The van der Waals surface area contributed by atoms with Gasteiger partial charge in [-0.3, -0.25) is 4.90 Å². The fraction of sp³-hybridized carbons (Fsp3) is 0.294. The third kappa shape index (κ3) is 2.69. The normalized spacial score (nSPS) is 23.1. The second-order valence-electron chi connectivity index (χ2n) is 5.45. The standard InChI is InChI=1S/C17H20N2O/c18-16-9-10-19(12-13-5-2-1-3-6-13)17(16)14-7-4-8-15(20)11-14/h1-8,11,16-17,20H,9-10,12,18H2. The number of hydrogen-bond donors (Lipinski definition) is 2. The number of aromatic hydroxyl groups is 1. The van der Waals surface area contributed by atoms with Crippen LogP contribution in [0.25, 0.3) is 0 Å². The summed E-state index contributed by atoms with van der Waals surface area (Å²) in [5.74, 6) is 0.307. The minimum atomic E-state index is 0.125. The van der Waals surface area contributed by atoms with E-state index in [1.165, 1.54) is 5.56 Å². The van der Waals surface area contributed by atoms with Gasteiger partial charge >= 0.3 is 0 Å². The molecule has 0 spiro atoms. The van der Waals surface area contributed by atoms with E-state index in [1.54, 1.807) is 6.07 Å². The van der Waals surface area contributed by atoms with Crippen molar-refractivity contribution in [1.82, 2.24) is 4.90 Å². The molecule has 0 aromatic heterocycles. The van der Waals surface area contributed by atoms with Gasteiger partial charge in [-0.15, -0.1) is 0 Å². The molecule has 3 N–H and O–H groups in total. The Morgan fingerprint density at radius 1 is 1.10 bits per heavy atom. The van der Waals surface area contributed by atoms with Crippen molar-refractivity contribution in [3.05, 3.63) is 65.7 Å². The molecule has 2 aromatic rings. The summed E-state index contributed by atoms with van der Waals surface area (Å²) in [5.41, 5.74) is 8.68. The Kier molecular flexibility index (Phi) is 3.72. The lowest BCUT2D eigenvalue weighted by molar-refractivity contribution is 0.239. The largest absolute Gasteiger partial charge is 0.508 e. The summed E-state index contributed by atoms with van der Waals surface area (Å²) in [7, 11) is 0. The summed E-state index contributed by atoms with van der Waals surface area (Å²) >= 11 is 0. The van der Waals surface area contributed by atoms with Gasteiger partial charge in [-0.05, 0) is 29.7 Å². The topological polar surface area (TPSA) is 49.5 Å². The highest BCUT2D eigenvalue weighted by Crippen LogP contribution is 2.33. The fourth-order valence-corrected chi connectivity index (χ4v) is 3.04. The molecule has 0 radical (unpaired) electrons. The highest BCUT2D eigenvalue weighted by atomic mass is 16.3. The van der Waals surface area contributed by atoms with Crippen molar-refractivity contribution >= 4 is 0 Å². The molecule has 20 heavy (non-hydrogen) atoms. The first-order chi connectivity index (χ1) is 9.74. The number of nitrogens with two attached hydrogens (primary N) is 1. The molecule has 104 valence electrons. The molecule has 1 aliphatic rings. The summed E-state index contributed by atoms with van der Waals surface area (Å²) in [4.78, 5) is 2.40. The van der Waals surface area contributed by atoms with E-state index >= 15 is 0 Å². The minimum Gasteiger partial charge on any atom is -0.508 e. The Morgan fingerprint density at radius 2 is 1.90 bits per heavy atom. The molecule has 1 heterocycles. The van der Waals surface area contributed by atoms with E-state index in [9.17, 15) is 5.11 Å². The molecular formula is C17H20N2O. The lowest BCUT2D eigenvalue weighted by Gasteiger charge is -2.27. The van der Waals surface area contributed by atoms with Gasteiger partial charge < -0.3 is 10.8 Å². The van der Waals surface area contributed by atoms with Crippen LogP contribution in [0, 0.1) is 0 Å². The Bertz CT molecular complexity index is 570. The third-order valence-electron chi connectivity index (χ3n) is 3.99. The summed E-state index contributed by atoms with van der Waals surface area (Å²) < 4.78 is 0. The summed E-state index contributed by atoms with van der Waals surface area (Å²) in [5, 5.41) is 9.68. The minimum absolute atomic E-state index is 0.125. The number of phenols is 1. The van der Waals surface area contributed by atoms with Gasteiger partial charge in [0.05, 0.1) is 6.04 Å². The predicted octanol–water partition coefficient (Wildman–Crippen LogP) is 2.67. The molecule has 2 atom stereocenters. The highest BCUT2D eigenvalue weighted by molar-refractivity contribution is 5.31. The van der Waals surface area contributed by atoms with Crippen LogP contribution in [0.1, 0.15) is 23.6 Å². The van der Waals surface area contributed by atoms with E-state index in [4.69, 9.17) is 5.73 Å². The van der Waals surface area contributed by atoms with Gasteiger partial charge in [0.15, 0.2) is 0 Å². The molecule has 3 rings (SSSR count). The Labute approximate surface area is 119 Å². The van der Waals surface area contributed by atoms with Crippen LogP contribution in [0.3, 0.4) is 0 Å². The second kappa shape index (κ2) is 5.65. The van der Waals surface area contributed by atoms with Crippen LogP contribution in [0.2, 0.25) is 0 Å². The average Bonchev–Trinajstić information content (AvgIpc) is 2.81. The third-order valence-corrected chi connectivity index (χ3v) is 3.99. The van der Waals surface area contributed by atoms with Gasteiger partial charge in [-0.1, -0.05) is 42.5 Å². The predicted molar refractivity (Wildman–Crippen MR) is 80.3 cm³/mol. The van der Waals surface area contributed by atoms with Crippen molar-refractivity contribution in [2.45, 2.75) is 25.0 Å². The number of likely N-dealkylation sites (tertiary alicyclic amines) is 1. The lowest BCUT2D eigenvalue weighted by Crippen LogP contribution is -2.31. The van der Waals surface area contributed by atoms with Gasteiger partial charge in [0.25, 0.3) is 0 Å². The Morgan fingerprint density at radius 3 is 2.65 bits per heavy atom. The first-order valence-electron chi connectivity index (χ1n) is 7.06. The van der Waals surface area contributed by atoms with Gasteiger partial charge in [0.2, 0.25) is 0 Å². The van der Waals surface area contributed by atoms with Gasteiger partial charge in [0.1, 0.15) is 5.75 Å². The number of phenolic OH excluding ortho intramolecular Hbond substituents is 1. The zero-order valence-corrected chi connectivity index (χ0v) is 11.4. The van der Waals surface area contributed by atoms with Crippen molar-refractivity contribution in [3.8, 4) is 5.75 Å². The van der Waals surface area contributed by atoms with Crippen molar-refractivity contribution < 1.29 is 5.11 Å². The first kappa shape index (κ1) is 13.2. The molecular weight excluding hydrogens is 248 g/mol. The summed E-state index contributed by atoms with van der Waals surface area (Å²) in [6, 6.07) is 18.2. The number of nitrogens with zero attached hydrogens (tertiary/aromatic N) is 1. The molecule has 1 fully saturated rings. The quantitative estimate of drug-likeness (QED) is 0.899. The van der Waals surface area contributed by atoms with Gasteiger partial charge in [0, 0.05) is 19.1 Å². The van der Waals surface area contributed by atoms with Crippen LogP contribution < -0.4 is 5.73 Å². The number of hydrogen-bond acceptors (Lipinski definition) is 3. The van der Waals surface area contributed by atoms with Crippen LogP contribution in [0.15, 0.2) is 54.6 Å². The molecule has 3 heteroatoms. The number of benzene rings is 2. The molecule has 2 aromatic carbocycles. The molecule has 1 saturated heterocycles. The highest BCUT2D eigenvalue weighted by Gasteiger charge is 2.32. The fourth-order valence-electron chi connectivity index (χ4n) is 3.04. The van der Waals surface area contributed by atoms with Crippen molar-refractivity contribution in [2.24, 2.45) is 5.73 Å². The maximum Gasteiger partial charge on any atom is 0.115 e. The maximum absolute atomic E-state index is 9.68. The van der Waals surface area contributed by atoms with E-state index in [0.717, 1.165) is 25.1 Å². The van der Waals surface area contributed by atoms with E-state index in [1.807, 2.05) is 24.3 Å². The van der Waals surface area contributed by atoms with E-state index in [-0.39, 0.29) is 12.1 Å². The summed E-state index contributed by atoms with van der Waals surface area (Å²) in [6.45, 7) is 1.89. The van der Waals surface area contributed by atoms with Gasteiger partial charge in [-0.2, -0.15) is 0 Å². The first-order valence-corrected chi connectivity index (χ1v) is 7.06. The van der Waals surface area contributed by atoms with Crippen LogP contribution in [-0.2, 0) is 6.54 Å². The van der Waals surface area contributed by atoms with Crippen LogP contribution in [0.5, 0.6) is 5.75 Å². The molecule has 1 aliphatic heterocycles. The van der Waals surface area contributed by atoms with Gasteiger partial charge in [-0.25, -0.2) is 0 Å². The van der Waals surface area contributed by atoms with Crippen LogP contribution in [0.4, 0.5) is 0 Å². The molecule has 0 aliphatic carbocycles. The number of rotatable bonds is 3. The van der Waals surface area contributed by atoms with Crippen molar-refractivity contribution in [3.63, 3.8) is 0 Å².